The molecule has 0 saturated heterocycles. The quantitative estimate of drug-likeness (QED) is 0.636. The number of rotatable bonds is 3. The van der Waals surface area contributed by atoms with E-state index in [1.54, 1.807) is 7.05 Å². The fourth-order valence-electron chi connectivity index (χ4n) is 5.38. The van der Waals surface area contributed by atoms with E-state index in [4.69, 9.17) is 4.98 Å². The van der Waals surface area contributed by atoms with Crippen molar-refractivity contribution in [3.63, 3.8) is 0 Å². The Morgan fingerprint density at radius 2 is 2.00 bits per heavy atom. The van der Waals surface area contributed by atoms with E-state index in [-0.39, 0.29) is 23.2 Å². The van der Waals surface area contributed by atoms with Crippen LogP contribution in [0.4, 0.5) is 0 Å². The first-order chi connectivity index (χ1) is 13.5. The maximum Gasteiger partial charge on any atom is 0.332 e. The van der Waals surface area contributed by atoms with E-state index in [0.29, 0.717) is 23.1 Å². The molecule has 0 aliphatic heterocycles. The molecular formula is C22H31N5O2. The van der Waals surface area contributed by atoms with Crippen LogP contribution in [0.2, 0.25) is 0 Å². The molecule has 1 saturated carbocycles. The van der Waals surface area contributed by atoms with Gasteiger partial charge >= 0.3 is 5.69 Å². The third-order valence-electron chi connectivity index (χ3n) is 6.23. The molecule has 1 fully saturated rings. The molecule has 1 aliphatic carbocycles. The molecule has 4 rings (SSSR count). The van der Waals surface area contributed by atoms with Crippen LogP contribution in [0.3, 0.4) is 0 Å². The van der Waals surface area contributed by atoms with Gasteiger partial charge < -0.3 is 4.57 Å². The van der Waals surface area contributed by atoms with Gasteiger partial charge in [-0.05, 0) is 44.4 Å². The molecule has 3 aromatic rings. The lowest BCUT2D eigenvalue weighted by Crippen LogP contribution is -2.39. The number of allylic oxidation sites excluding steroid dienone is 1. The summed E-state index contributed by atoms with van der Waals surface area (Å²) in [6.45, 7) is 14.9. The normalized spacial score (nSPS) is 21.9. The summed E-state index contributed by atoms with van der Waals surface area (Å²) in [5.41, 5.74) is 2.33. The number of aryl methyl sites for hydroxylation is 2. The molecule has 0 spiro atoms. The zero-order valence-electron chi connectivity index (χ0n) is 18.3. The highest BCUT2D eigenvalue weighted by molar-refractivity contribution is 5.75. The number of imidazole rings is 2. The van der Waals surface area contributed by atoms with Crippen LogP contribution >= 0.6 is 0 Å². The Hall–Kier alpha value is -2.57. The lowest BCUT2D eigenvalue weighted by molar-refractivity contribution is 0.138. The fraction of sp³-hybridized carbons (Fsp3) is 0.591. The molecular weight excluding hydrogens is 366 g/mol. The molecule has 156 valence electrons. The minimum Gasteiger partial charge on any atom is -0.311 e. The lowest BCUT2D eigenvalue weighted by Gasteiger charge is -2.39. The summed E-state index contributed by atoms with van der Waals surface area (Å²) in [5, 5.41) is 0. The van der Waals surface area contributed by atoms with E-state index >= 15 is 0 Å². The van der Waals surface area contributed by atoms with Crippen molar-refractivity contribution < 1.29 is 0 Å². The third-order valence-corrected chi connectivity index (χ3v) is 6.23. The van der Waals surface area contributed by atoms with E-state index < -0.39 is 0 Å². The number of nitrogens with zero attached hydrogens (tertiary/aromatic N) is 5. The molecule has 0 N–H and O–H groups in total. The topological polar surface area (TPSA) is 66.2 Å². The highest BCUT2D eigenvalue weighted by atomic mass is 16.2. The summed E-state index contributed by atoms with van der Waals surface area (Å²) in [4.78, 5) is 30.7. The smallest absolute Gasteiger partial charge is 0.311 e. The van der Waals surface area contributed by atoms with Crippen LogP contribution in [0.25, 0.3) is 16.9 Å². The van der Waals surface area contributed by atoms with Crippen molar-refractivity contribution in [2.24, 2.45) is 18.4 Å². The largest absolute Gasteiger partial charge is 0.332 e. The van der Waals surface area contributed by atoms with Crippen LogP contribution in [0.15, 0.2) is 27.9 Å². The molecule has 0 radical (unpaired) electrons. The van der Waals surface area contributed by atoms with Crippen LogP contribution in [-0.2, 0) is 13.6 Å². The van der Waals surface area contributed by atoms with Crippen LogP contribution in [0.1, 0.15) is 58.7 Å². The van der Waals surface area contributed by atoms with Crippen LogP contribution in [-0.4, -0.2) is 23.1 Å². The molecule has 2 atom stereocenters. The van der Waals surface area contributed by atoms with Crippen molar-refractivity contribution in [2.75, 3.05) is 0 Å². The highest BCUT2D eigenvalue weighted by Crippen LogP contribution is 2.44. The molecule has 0 unspecified atom stereocenters. The van der Waals surface area contributed by atoms with Gasteiger partial charge in [0.1, 0.15) is 0 Å². The first kappa shape index (κ1) is 19.7. The first-order valence-corrected chi connectivity index (χ1v) is 10.3. The zero-order chi connectivity index (χ0) is 21.2. The molecule has 7 heteroatoms. The van der Waals surface area contributed by atoms with Crippen molar-refractivity contribution in [2.45, 2.75) is 66.5 Å². The average molecular weight is 398 g/mol. The molecule has 0 aromatic carbocycles. The number of hydrogen-bond donors (Lipinski definition) is 0. The predicted octanol–water partition coefficient (Wildman–Crippen LogP) is 3.42. The van der Waals surface area contributed by atoms with Gasteiger partial charge in [-0.25, -0.2) is 4.79 Å². The molecule has 3 heterocycles. The minimum atomic E-state index is -0.359. The summed E-state index contributed by atoms with van der Waals surface area (Å²) in [6, 6.07) is 0.331. The number of fused-ring (bicyclic) bond motifs is 3. The van der Waals surface area contributed by atoms with Gasteiger partial charge in [-0.15, -0.1) is 0 Å². The van der Waals surface area contributed by atoms with Gasteiger partial charge in [0.15, 0.2) is 11.2 Å². The van der Waals surface area contributed by atoms with Crippen molar-refractivity contribution in [3.8, 4) is 0 Å². The lowest BCUT2D eigenvalue weighted by atomic mass is 9.70. The SMILES string of the molecule is C=C(C)Cn1c(=O)c2c(nc3n([C@H]4C[C@@H](C)CC(C)(C)C4)c(C)cn23)n(C)c1=O. The maximum atomic E-state index is 13.2. The predicted molar refractivity (Wildman–Crippen MR) is 116 cm³/mol. The Balaban J connectivity index is 2.00. The summed E-state index contributed by atoms with van der Waals surface area (Å²) in [6.07, 6.45) is 5.37. The van der Waals surface area contributed by atoms with E-state index in [9.17, 15) is 9.59 Å². The first-order valence-electron chi connectivity index (χ1n) is 10.3. The van der Waals surface area contributed by atoms with Gasteiger partial charge in [-0.3, -0.25) is 18.3 Å². The van der Waals surface area contributed by atoms with Crippen molar-refractivity contribution in [1.29, 1.82) is 0 Å². The maximum absolute atomic E-state index is 13.2. The van der Waals surface area contributed by atoms with Gasteiger partial charge in [-0.2, -0.15) is 4.98 Å². The second kappa shape index (κ2) is 6.47. The Bertz CT molecular complexity index is 1250. The Labute approximate surface area is 170 Å². The summed E-state index contributed by atoms with van der Waals surface area (Å²) < 4.78 is 6.86. The van der Waals surface area contributed by atoms with Gasteiger partial charge in [0, 0.05) is 25.0 Å². The molecule has 1 aliphatic rings. The number of hydrogen-bond acceptors (Lipinski definition) is 3. The van der Waals surface area contributed by atoms with Crippen LogP contribution < -0.4 is 11.2 Å². The van der Waals surface area contributed by atoms with E-state index in [0.717, 1.165) is 29.9 Å². The van der Waals surface area contributed by atoms with Gasteiger partial charge in [-0.1, -0.05) is 32.9 Å². The molecule has 0 amide bonds. The standard InChI is InChI=1S/C22H31N5O2/c1-13(2)11-26-19(28)17-18(24(7)21(26)29)23-20-25(17)12-15(4)27(20)16-8-14(3)9-22(5,6)10-16/h12,14,16H,1,8-11H2,2-7H3/t14-,16+/m1/s1. The highest BCUT2D eigenvalue weighted by Gasteiger charge is 2.34. The summed E-state index contributed by atoms with van der Waals surface area (Å²) in [7, 11) is 1.68. The molecule has 7 nitrogen and oxygen atoms in total. The van der Waals surface area contributed by atoms with Gasteiger partial charge in [0.25, 0.3) is 5.56 Å². The van der Waals surface area contributed by atoms with Crippen molar-refractivity contribution in [3.05, 3.63) is 44.9 Å². The van der Waals surface area contributed by atoms with Crippen molar-refractivity contribution >= 4 is 16.9 Å². The van der Waals surface area contributed by atoms with E-state index in [2.05, 4.69) is 38.8 Å². The number of aromatic nitrogens is 5. The van der Waals surface area contributed by atoms with Gasteiger partial charge in [0.2, 0.25) is 5.78 Å². The molecule has 29 heavy (non-hydrogen) atoms. The van der Waals surface area contributed by atoms with Crippen LogP contribution in [0, 0.1) is 18.3 Å². The monoisotopic (exact) mass is 397 g/mol. The van der Waals surface area contributed by atoms with Gasteiger partial charge in [0.05, 0.1) is 6.54 Å². The Morgan fingerprint density at radius 3 is 2.62 bits per heavy atom. The van der Waals surface area contributed by atoms with E-state index in [1.807, 2.05) is 17.5 Å². The second-order valence-corrected chi connectivity index (χ2v) is 9.85. The Kier molecular flexibility index (Phi) is 4.40. The summed E-state index contributed by atoms with van der Waals surface area (Å²) >= 11 is 0. The average Bonchev–Trinajstić information content (AvgIpc) is 3.09. The fourth-order valence-corrected chi connectivity index (χ4v) is 5.38. The molecule has 0 bridgehead atoms. The Morgan fingerprint density at radius 1 is 1.31 bits per heavy atom. The van der Waals surface area contributed by atoms with E-state index in [1.165, 1.54) is 15.6 Å². The second-order valence-electron chi connectivity index (χ2n) is 9.85. The molecule has 3 aromatic heterocycles. The van der Waals surface area contributed by atoms with Crippen molar-refractivity contribution in [1.82, 2.24) is 23.1 Å². The minimum absolute atomic E-state index is 0.211. The van der Waals surface area contributed by atoms with Crippen LogP contribution in [0.5, 0.6) is 0 Å². The third kappa shape index (κ3) is 3.07. The summed E-state index contributed by atoms with van der Waals surface area (Å²) in [5.74, 6) is 1.37. The zero-order valence-corrected chi connectivity index (χ0v) is 18.3.